The molecule has 3 nitrogen and oxygen atoms in total. The monoisotopic (exact) mass is 295 g/mol. The summed E-state index contributed by atoms with van der Waals surface area (Å²) in [6.07, 6.45) is 0.746. The Kier molecular flexibility index (Phi) is 4.40. The molecular weight excluding hydrogens is 277 g/mol. The van der Waals surface area contributed by atoms with Crippen molar-refractivity contribution < 1.29 is 14.2 Å². The summed E-state index contributed by atoms with van der Waals surface area (Å²) >= 11 is 1.41. The van der Waals surface area contributed by atoms with E-state index in [1.54, 1.807) is 32.0 Å². The van der Waals surface area contributed by atoms with E-state index < -0.39 is 5.60 Å². The molecule has 108 valence electrons. The number of benzene rings is 1. The third-order valence-corrected chi connectivity index (χ3v) is 4.20. The van der Waals surface area contributed by atoms with E-state index >= 15 is 0 Å². The van der Waals surface area contributed by atoms with Crippen molar-refractivity contribution in [1.82, 2.24) is 4.98 Å². The lowest BCUT2D eigenvalue weighted by atomic mass is 10.1. The lowest BCUT2D eigenvalue weighted by Crippen LogP contribution is -2.15. The molecule has 0 unspecified atom stereocenters. The van der Waals surface area contributed by atoms with Crippen molar-refractivity contribution in [2.45, 2.75) is 39.4 Å². The van der Waals surface area contributed by atoms with Gasteiger partial charge in [-0.2, -0.15) is 0 Å². The second-order valence-electron chi connectivity index (χ2n) is 5.02. The summed E-state index contributed by atoms with van der Waals surface area (Å²) in [7, 11) is 0. The Morgan fingerprint density at radius 1 is 1.35 bits per heavy atom. The quantitative estimate of drug-likeness (QED) is 0.915. The van der Waals surface area contributed by atoms with Crippen LogP contribution in [0.5, 0.6) is 5.75 Å². The van der Waals surface area contributed by atoms with Crippen molar-refractivity contribution in [3.63, 3.8) is 0 Å². The number of aromatic nitrogens is 1. The Balaban J connectivity index is 2.15. The Morgan fingerprint density at radius 3 is 2.60 bits per heavy atom. The minimum absolute atomic E-state index is 0.203. The molecule has 1 N–H and O–H groups in total. The van der Waals surface area contributed by atoms with Crippen molar-refractivity contribution in [2.75, 3.05) is 0 Å². The largest absolute Gasteiger partial charge is 0.483 e. The van der Waals surface area contributed by atoms with Crippen LogP contribution in [-0.2, 0) is 18.6 Å². The van der Waals surface area contributed by atoms with Crippen molar-refractivity contribution in [2.24, 2.45) is 0 Å². The van der Waals surface area contributed by atoms with Gasteiger partial charge in [0.1, 0.15) is 11.6 Å². The highest BCUT2D eigenvalue weighted by molar-refractivity contribution is 7.11. The Labute approximate surface area is 122 Å². The highest BCUT2D eigenvalue weighted by atomic mass is 32.1. The van der Waals surface area contributed by atoms with Crippen LogP contribution in [0.1, 0.15) is 36.3 Å². The molecule has 0 saturated carbocycles. The van der Waals surface area contributed by atoms with Crippen LogP contribution in [0.15, 0.2) is 24.3 Å². The minimum atomic E-state index is -0.917. The lowest BCUT2D eigenvalue weighted by molar-refractivity contribution is 0.0814. The molecular formula is C15H18FNO2S. The molecule has 1 heterocycles. The first-order chi connectivity index (χ1) is 9.41. The second kappa shape index (κ2) is 5.89. The number of nitrogens with zero attached hydrogens (tertiary/aromatic N) is 1. The maximum absolute atomic E-state index is 13.5. The fraction of sp³-hybridized carbons (Fsp3) is 0.400. The molecule has 0 amide bonds. The van der Waals surface area contributed by atoms with Gasteiger partial charge in [0.25, 0.3) is 0 Å². The molecule has 0 atom stereocenters. The second-order valence-corrected chi connectivity index (χ2v) is 6.10. The summed E-state index contributed by atoms with van der Waals surface area (Å²) in [5, 5.41) is 10.9. The van der Waals surface area contributed by atoms with Crippen molar-refractivity contribution in [1.29, 1.82) is 0 Å². The predicted molar refractivity (Wildman–Crippen MR) is 77.5 cm³/mol. The molecule has 0 aliphatic carbocycles. The summed E-state index contributed by atoms with van der Waals surface area (Å²) < 4.78 is 18.9. The molecule has 0 aliphatic rings. The molecule has 1 aromatic carbocycles. The SMILES string of the molecule is CCc1nc(COc2ccccc2F)sc1C(C)(C)O. The molecule has 0 aliphatic heterocycles. The summed E-state index contributed by atoms with van der Waals surface area (Å²) in [5.74, 6) is -0.173. The van der Waals surface area contributed by atoms with Crippen LogP contribution >= 0.6 is 11.3 Å². The first-order valence-electron chi connectivity index (χ1n) is 6.50. The molecule has 0 fully saturated rings. The van der Waals surface area contributed by atoms with Crippen LogP contribution in [-0.4, -0.2) is 10.1 Å². The van der Waals surface area contributed by atoms with Gasteiger partial charge in [-0.15, -0.1) is 11.3 Å². The van der Waals surface area contributed by atoms with E-state index in [0.717, 1.165) is 22.0 Å². The zero-order chi connectivity index (χ0) is 14.8. The Morgan fingerprint density at radius 2 is 2.05 bits per heavy atom. The molecule has 2 rings (SSSR count). The number of para-hydroxylation sites is 1. The molecule has 0 saturated heterocycles. The van der Waals surface area contributed by atoms with Gasteiger partial charge < -0.3 is 9.84 Å². The normalized spacial score (nSPS) is 11.7. The zero-order valence-corrected chi connectivity index (χ0v) is 12.6. The van der Waals surface area contributed by atoms with Gasteiger partial charge >= 0.3 is 0 Å². The molecule has 2 aromatic rings. The van der Waals surface area contributed by atoms with Gasteiger partial charge in [-0.3, -0.25) is 0 Å². The first kappa shape index (κ1) is 14.9. The predicted octanol–water partition coefficient (Wildman–Crippen LogP) is 3.65. The Bertz CT molecular complexity index is 590. The highest BCUT2D eigenvalue weighted by Crippen LogP contribution is 2.31. The maximum Gasteiger partial charge on any atom is 0.165 e. The lowest BCUT2D eigenvalue weighted by Gasteiger charge is -2.15. The summed E-state index contributed by atoms with van der Waals surface area (Å²) in [6, 6.07) is 6.28. The molecule has 0 radical (unpaired) electrons. The highest BCUT2D eigenvalue weighted by Gasteiger charge is 2.24. The van der Waals surface area contributed by atoms with E-state index in [9.17, 15) is 9.50 Å². The third-order valence-electron chi connectivity index (χ3n) is 2.82. The average molecular weight is 295 g/mol. The number of aryl methyl sites for hydroxylation is 1. The van der Waals surface area contributed by atoms with E-state index in [-0.39, 0.29) is 18.2 Å². The number of hydrogen-bond acceptors (Lipinski definition) is 4. The Hall–Kier alpha value is -1.46. The average Bonchev–Trinajstić information content (AvgIpc) is 2.81. The van der Waals surface area contributed by atoms with E-state index in [1.807, 2.05) is 6.92 Å². The van der Waals surface area contributed by atoms with Gasteiger partial charge in [0.15, 0.2) is 11.6 Å². The molecule has 0 spiro atoms. The van der Waals surface area contributed by atoms with Gasteiger partial charge in [-0.25, -0.2) is 9.37 Å². The van der Waals surface area contributed by atoms with Crippen LogP contribution in [0, 0.1) is 5.82 Å². The minimum Gasteiger partial charge on any atom is -0.483 e. The van der Waals surface area contributed by atoms with Crippen LogP contribution in [0.3, 0.4) is 0 Å². The van der Waals surface area contributed by atoms with Crippen LogP contribution in [0.4, 0.5) is 4.39 Å². The fourth-order valence-corrected chi connectivity index (χ4v) is 2.95. The first-order valence-corrected chi connectivity index (χ1v) is 7.32. The van der Waals surface area contributed by atoms with Crippen LogP contribution in [0.2, 0.25) is 0 Å². The van der Waals surface area contributed by atoms with E-state index in [1.165, 1.54) is 17.4 Å². The smallest absolute Gasteiger partial charge is 0.165 e. The number of aliphatic hydroxyl groups is 1. The van der Waals surface area contributed by atoms with E-state index in [2.05, 4.69) is 4.98 Å². The van der Waals surface area contributed by atoms with E-state index in [4.69, 9.17) is 4.74 Å². The van der Waals surface area contributed by atoms with Crippen molar-refractivity contribution in [3.8, 4) is 5.75 Å². The fourth-order valence-electron chi connectivity index (χ4n) is 1.88. The number of thiazole rings is 1. The van der Waals surface area contributed by atoms with Crippen molar-refractivity contribution >= 4 is 11.3 Å². The molecule has 1 aromatic heterocycles. The van der Waals surface area contributed by atoms with Crippen molar-refractivity contribution in [3.05, 3.63) is 45.7 Å². The number of hydrogen-bond donors (Lipinski definition) is 1. The van der Waals surface area contributed by atoms with E-state index in [0.29, 0.717) is 0 Å². The van der Waals surface area contributed by atoms with Crippen LogP contribution < -0.4 is 4.74 Å². The van der Waals surface area contributed by atoms with Gasteiger partial charge in [0.2, 0.25) is 0 Å². The third kappa shape index (κ3) is 3.35. The summed E-state index contributed by atoms with van der Waals surface area (Å²) in [5.41, 5.74) is -0.0474. The topological polar surface area (TPSA) is 42.4 Å². The molecule has 20 heavy (non-hydrogen) atoms. The number of rotatable bonds is 5. The van der Waals surface area contributed by atoms with Gasteiger partial charge in [-0.1, -0.05) is 19.1 Å². The molecule has 5 heteroatoms. The van der Waals surface area contributed by atoms with Gasteiger partial charge in [-0.05, 0) is 32.4 Å². The molecule has 0 bridgehead atoms. The van der Waals surface area contributed by atoms with Gasteiger partial charge in [0.05, 0.1) is 16.2 Å². The summed E-state index contributed by atoms with van der Waals surface area (Å²) in [6.45, 7) is 5.67. The standard InChI is InChI=1S/C15H18FNO2S/c1-4-11-14(15(2,3)18)20-13(17-11)9-19-12-8-6-5-7-10(12)16/h5-8,18H,4,9H2,1-3H3. The maximum atomic E-state index is 13.5. The zero-order valence-electron chi connectivity index (χ0n) is 11.8. The number of halogens is 1. The van der Waals surface area contributed by atoms with Gasteiger partial charge in [0, 0.05) is 0 Å². The summed E-state index contributed by atoms with van der Waals surface area (Å²) in [4.78, 5) is 5.29. The number of ether oxygens (including phenoxy) is 1. The van der Waals surface area contributed by atoms with Crippen LogP contribution in [0.25, 0.3) is 0 Å².